The van der Waals surface area contributed by atoms with Crippen LogP contribution in [0.25, 0.3) is 0 Å². The second-order valence-corrected chi connectivity index (χ2v) is 4.16. The van der Waals surface area contributed by atoms with E-state index in [2.05, 4.69) is 6.92 Å². The minimum atomic E-state index is -0.0311. The van der Waals surface area contributed by atoms with E-state index in [1.807, 2.05) is 19.1 Å². The van der Waals surface area contributed by atoms with Gasteiger partial charge in [-0.2, -0.15) is 0 Å². The van der Waals surface area contributed by atoms with Crippen LogP contribution in [0.3, 0.4) is 0 Å². The van der Waals surface area contributed by atoms with Crippen LogP contribution in [0, 0.1) is 6.92 Å². The predicted molar refractivity (Wildman–Crippen MR) is 63.9 cm³/mol. The van der Waals surface area contributed by atoms with Gasteiger partial charge in [0, 0.05) is 11.6 Å². The highest BCUT2D eigenvalue weighted by Gasteiger charge is 2.10. The normalized spacial score (nSPS) is 12.7. The van der Waals surface area contributed by atoms with E-state index in [1.165, 1.54) is 12.8 Å². The second-order valence-electron chi connectivity index (χ2n) is 4.16. The van der Waals surface area contributed by atoms with Crippen LogP contribution in [0.1, 0.15) is 49.8 Å². The molecule has 0 aromatic heterocycles. The summed E-state index contributed by atoms with van der Waals surface area (Å²) in [7, 11) is 0. The van der Waals surface area contributed by atoms with Gasteiger partial charge in [0.25, 0.3) is 0 Å². The molecule has 15 heavy (non-hydrogen) atoms. The molecular weight excluding hydrogens is 186 g/mol. The van der Waals surface area contributed by atoms with Gasteiger partial charge in [-0.25, -0.2) is 0 Å². The van der Waals surface area contributed by atoms with Gasteiger partial charge < -0.3 is 10.8 Å². The van der Waals surface area contributed by atoms with Gasteiger partial charge in [-0.05, 0) is 19.4 Å². The molecule has 2 nitrogen and oxygen atoms in total. The molecule has 0 fully saturated rings. The van der Waals surface area contributed by atoms with Crippen molar-refractivity contribution in [2.45, 2.75) is 45.6 Å². The average Bonchev–Trinajstić information content (AvgIpc) is 2.22. The minimum Gasteiger partial charge on any atom is -0.508 e. The molecule has 1 aromatic carbocycles. The van der Waals surface area contributed by atoms with Crippen LogP contribution in [-0.2, 0) is 0 Å². The Morgan fingerprint density at radius 1 is 1.33 bits per heavy atom. The average molecular weight is 207 g/mol. The topological polar surface area (TPSA) is 46.2 Å². The number of unbranched alkanes of at least 4 members (excludes halogenated alkanes) is 2. The van der Waals surface area contributed by atoms with E-state index in [4.69, 9.17) is 5.73 Å². The number of hydrogen-bond donors (Lipinski definition) is 2. The van der Waals surface area contributed by atoms with Crippen LogP contribution >= 0.6 is 0 Å². The number of aryl methyl sites for hydroxylation is 1. The molecule has 3 N–H and O–H groups in total. The summed E-state index contributed by atoms with van der Waals surface area (Å²) in [5.41, 5.74) is 8.07. The zero-order valence-corrected chi connectivity index (χ0v) is 9.66. The lowest BCUT2D eigenvalue weighted by molar-refractivity contribution is 0.455. The van der Waals surface area contributed by atoms with E-state index in [0.717, 1.165) is 24.0 Å². The highest BCUT2D eigenvalue weighted by atomic mass is 16.3. The molecule has 0 spiro atoms. The monoisotopic (exact) mass is 207 g/mol. The summed E-state index contributed by atoms with van der Waals surface area (Å²) in [6, 6.07) is 5.57. The van der Waals surface area contributed by atoms with Crippen LogP contribution in [-0.4, -0.2) is 5.11 Å². The number of phenols is 1. The third-order valence-electron chi connectivity index (χ3n) is 2.70. The van der Waals surface area contributed by atoms with E-state index >= 15 is 0 Å². The Morgan fingerprint density at radius 3 is 2.73 bits per heavy atom. The molecule has 0 aliphatic carbocycles. The van der Waals surface area contributed by atoms with E-state index in [-0.39, 0.29) is 6.04 Å². The SMILES string of the molecule is CCCCC[C@@H](N)c1cc(C)ccc1O. The first kappa shape index (κ1) is 12.1. The maximum atomic E-state index is 9.68. The number of aromatic hydroxyl groups is 1. The van der Waals surface area contributed by atoms with Crippen molar-refractivity contribution in [3.63, 3.8) is 0 Å². The Hall–Kier alpha value is -1.02. The zero-order valence-electron chi connectivity index (χ0n) is 9.66. The van der Waals surface area contributed by atoms with Crippen molar-refractivity contribution in [3.8, 4) is 5.75 Å². The van der Waals surface area contributed by atoms with Gasteiger partial charge in [0.15, 0.2) is 0 Å². The van der Waals surface area contributed by atoms with Crippen molar-refractivity contribution < 1.29 is 5.11 Å². The van der Waals surface area contributed by atoms with Crippen molar-refractivity contribution in [2.75, 3.05) is 0 Å². The Bertz CT molecular complexity index is 309. The number of nitrogens with two attached hydrogens (primary N) is 1. The molecule has 1 aromatic rings. The lowest BCUT2D eigenvalue weighted by atomic mass is 9.99. The molecule has 0 heterocycles. The van der Waals surface area contributed by atoms with Gasteiger partial charge in [0.05, 0.1) is 0 Å². The summed E-state index contributed by atoms with van der Waals surface area (Å²) in [6.45, 7) is 4.19. The summed E-state index contributed by atoms with van der Waals surface area (Å²) in [5.74, 6) is 0.324. The molecule has 0 amide bonds. The van der Waals surface area contributed by atoms with Crippen LogP contribution in [0.4, 0.5) is 0 Å². The molecule has 0 aliphatic heterocycles. The first-order valence-corrected chi connectivity index (χ1v) is 5.70. The molecule has 0 aliphatic rings. The van der Waals surface area contributed by atoms with Gasteiger partial charge in [0.2, 0.25) is 0 Å². The molecule has 0 radical (unpaired) electrons. The summed E-state index contributed by atoms with van der Waals surface area (Å²) in [4.78, 5) is 0. The molecule has 1 rings (SSSR count). The summed E-state index contributed by atoms with van der Waals surface area (Å²) in [6.07, 6.45) is 4.49. The molecule has 1 atom stereocenters. The van der Waals surface area contributed by atoms with Crippen LogP contribution in [0.2, 0.25) is 0 Å². The fourth-order valence-corrected chi connectivity index (χ4v) is 1.74. The van der Waals surface area contributed by atoms with Crippen molar-refractivity contribution >= 4 is 0 Å². The van der Waals surface area contributed by atoms with Crippen molar-refractivity contribution in [2.24, 2.45) is 5.73 Å². The summed E-state index contributed by atoms with van der Waals surface area (Å²) >= 11 is 0. The number of hydrogen-bond acceptors (Lipinski definition) is 2. The first-order chi connectivity index (χ1) is 7.15. The van der Waals surface area contributed by atoms with Gasteiger partial charge in [-0.1, -0.05) is 43.9 Å². The third kappa shape index (κ3) is 3.56. The predicted octanol–water partition coefficient (Wildman–Crippen LogP) is 3.28. The number of phenolic OH excluding ortho intramolecular Hbond substituents is 1. The van der Waals surface area contributed by atoms with E-state index in [0.29, 0.717) is 5.75 Å². The Morgan fingerprint density at radius 2 is 2.07 bits per heavy atom. The number of benzene rings is 1. The molecule has 0 unspecified atom stereocenters. The molecular formula is C13H21NO. The van der Waals surface area contributed by atoms with Crippen LogP contribution < -0.4 is 5.73 Å². The highest BCUT2D eigenvalue weighted by molar-refractivity contribution is 5.37. The Labute approximate surface area is 92.1 Å². The number of rotatable bonds is 5. The second kappa shape index (κ2) is 5.76. The standard InChI is InChI=1S/C13H21NO/c1-3-4-5-6-12(14)11-9-10(2)7-8-13(11)15/h7-9,12,15H,3-6,14H2,1-2H3/t12-/m1/s1. The van der Waals surface area contributed by atoms with E-state index in [1.54, 1.807) is 6.07 Å². The van der Waals surface area contributed by atoms with Gasteiger partial charge >= 0.3 is 0 Å². The van der Waals surface area contributed by atoms with Crippen molar-refractivity contribution in [1.82, 2.24) is 0 Å². The largest absolute Gasteiger partial charge is 0.508 e. The molecule has 84 valence electrons. The Kier molecular flexibility index (Phi) is 4.63. The maximum absolute atomic E-state index is 9.68. The summed E-state index contributed by atoms with van der Waals surface area (Å²) < 4.78 is 0. The maximum Gasteiger partial charge on any atom is 0.120 e. The van der Waals surface area contributed by atoms with Gasteiger partial charge in [-0.3, -0.25) is 0 Å². The lowest BCUT2D eigenvalue weighted by Crippen LogP contribution is -2.10. The van der Waals surface area contributed by atoms with Gasteiger partial charge in [0.1, 0.15) is 5.75 Å². The molecule has 0 bridgehead atoms. The Balaban J connectivity index is 2.64. The highest BCUT2D eigenvalue weighted by Crippen LogP contribution is 2.26. The van der Waals surface area contributed by atoms with E-state index < -0.39 is 0 Å². The fourth-order valence-electron chi connectivity index (χ4n) is 1.74. The fraction of sp³-hybridized carbons (Fsp3) is 0.538. The van der Waals surface area contributed by atoms with Crippen LogP contribution in [0.5, 0.6) is 5.75 Å². The minimum absolute atomic E-state index is 0.0311. The molecule has 0 saturated heterocycles. The first-order valence-electron chi connectivity index (χ1n) is 5.70. The lowest BCUT2D eigenvalue weighted by Gasteiger charge is -2.14. The zero-order chi connectivity index (χ0) is 11.3. The van der Waals surface area contributed by atoms with E-state index in [9.17, 15) is 5.11 Å². The third-order valence-corrected chi connectivity index (χ3v) is 2.70. The van der Waals surface area contributed by atoms with Gasteiger partial charge in [-0.15, -0.1) is 0 Å². The molecule has 2 heteroatoms. The molecule has 0 saturated carbocycles. The van der Waals surface area contributed by atoms with Crippen molar-refractivity contribution in [1.29, 1.82) is 0 Å². The van der Waals surface area contributed by atoms with Crippen molar-refractivity contribution in [3.05, 3.63) is 29.3 Å². The summed E-state index contributed by atoms with van der Waals surface area (Å²) in [5, 5.41) is 9.68. The smallest absolute Gasteiger partial charge is 0.120 e. The van der Waals surface area contributed by atoms with Crippen LogP contribution in [0.15, 0.2) is 18.2 Å². The quantitative estimate of drug-likeness (QED) is 0.728.